The number of hydrazine groups is 1. The Kier molecular flexibility index (Phi) is 2.57. The highest BCUT2D eigenvalue weighted by Gasteiger charge is 2.32. The Balaban J connectivity index is 2.87. The molecule has 1 aromatic rings. The van der Waals surface area contributed by atoms with E-state index in [9.17, 15) is 13.2 Å². The van der Waals surface area contributed by atoms with Crippen LogP contribution in [-0.4, -0.2) is 11.3 Å². The molecule has 0 aliphatic carbocycles. The Bertz CT molecular complexity index is 289. The molecule has 0 saturated carbocycles. The van der Waals surface area contributed by atoms with Crippen molar-refractivity contribution in [2.75, 3.05) is 5.43 Å². The summed E-state index contributed by atoms with van der Waals surface area (Å²) in [6.45, 7) is 0. The lowest BCUT2D eigenvalue weighted by Crippen LogP contribution is -2.19. The molecule has 0 saturated heterocycles. The van der Waals surface area contributed by atoms with E-state index in [1.54, 1.807) is 0 Å². The van der Waals surface area contributed by atoms with E-state index in [0.717, 1.165) is 12.3 Å². The van der Waals surface area contributed by atoms with Crippen LogP contribution in [0.3, 0.4) is 0 Å². The smallest absolute Gasteiger partial charge is 0.403 e. The van der Waals surface area contributed by atoms with Crippen LogP contribution in [0.2, 0.25) is 0 Å². The van der Waals surface area contributed by atoms with Gasteiger partial charge in [0.05, 0.1) is 6.20 Å². The maximum Gasteiger partial charge on any atom is 0.573 e. The fourth-order valence-electron chi connectivity index (χ4n) is 0.704. The lowest BCUT2D eigenvalue weighted by molar-refractivity contribution is -0.274. The van der Waals surface area contributed by atoms with Crippen molar-refractivity contribution < 1.29 is 17.9 Å². The molecule has 1 rings (SSSR count). The van der Waals surface area contributed by atoms with E-state index in [-0.39, 0.29) is 5.69 Å². The molecule has 0 radical (unpaired) electrons. The van der Waals surface area contributed by atoms with E-state index < -0.39 is 12.1 Å². The number of rotatable bonds is 2. The van der Waals surface area contributed by atoms with Crippen LogP contribution in [-0.2, 0) is 0 Å². The van der Waals surface area contributed by atoms with E-state index in [4.69, 9.17) is 5.84 Å². The highest BCUT2D eigenvalue weighted by atomic mass is 19.4. The molecular weight excluding hydrogens is 187 g/mol. The van der Waals surface area contributed by atoms with Gasteiger partial charge >= 0.3 is 6.36 Å². The number of hydrogen-bond acceptors (Lipinski definition) is 4. The van der Waals surface area contributed by atoms with Crippen molar-refractivity contribution >= 4 is 5.69 Å². The zero-order chi connectivity index (χ0) is 9.90. The van der Waals surface area contributed by atoms with Gasteiger partial charge < -0.3 is 10.2 Å². The van der Waals surface area contributed by atoms with Crippen molar-refractivity contribution in [3.63, 3.8) is 0 Å². The summed E-state index contributed by atoms with van der Waals surface area (Å²) in [5, 5.41) is 0. The van der Waals surface area contributed by atoms with Crippen LogP contribution in [0.1, 0.15) is 0 Å². The number of nitrogens with two attached hydrogens (primary N) is 1. The van der Waals surface area contributed by atoms with Crippen LogP contribution >= 0.6 is 0 Å². The first-order valence-corrected chi connectivity index (χ1v) is 3.19. The van der Waals surface area contributed by atoms with Crippen LogP contribution in [0.4, 0.5) is 18.9 Å². The van der Waals surface area contributed by atoms with Crippen molar-refractivity contribution in [1.82, 2.24) is 4.98 Å². The minimum Gasteiger partial charge on any atom is -0.403 e. The van der Waals surface area contributed by atoms with Gasteiger partial charge in [0.15, 0.2) is 5.75 Å². The van der Waals surface area contributed by atoms with Gasteiger partial charge in [-0.15, -0.1) is 13.2 Å². The summed E-state index contributed by atoms with van der Waals surface area (Å²) in [7, 11) is 0. The molecule has 7 heteroatoms. The molecular formula is C6H6F3N3O. The van der Waals surface area contributed by atoms with Crippen molar-refractivity contribution in [3.05, 3.63) is 18.5 Å². The Morgan fingerprint density at radius 2 is 2.15 bits per heavy atom. The Hall–Kier alpha value is -1.50. The van der Waals surface area contributed by atoms with E-state index in [1.807, 2.05) is 5.43 Å². The second-order valence-electron chi connectivity index (χ2n) is 2.06. The topological polar surface area (TPSA) is 60.2 Å². The maximum absolute atomic E-state index is 11.7. The number of alkyl halides is 3. The van der Waals surface area contributed by atoms with Crippen molar-refractivity contribution in [2.45, 2.75) is 6.36 Å². The molecule has 72 valence electrons. The molecule has 0 unspecified atom stereocenters. The van der Waals surface area contributed by atoms with E-state index >= 15 is 0 Å². The van der Waals surface area contributed by atoms with Crippen LogP contribution in [0.25, 0.3) is 0 Å². The standard InChI is InChI=1S/C6H6F3N3O/c7-6(8,9)13-5-1-2-11-3-4(5)12-10/h1-3,12H,10H2. The lowest BCUT2D eigenvalue weighted by atomic mass is 10.4. The summed E-state index contributed by atoms with van der Waals surface area (Å²) >= 11 is 0. The molecule has 0 amide bonds. The minimum absolute atomic E-state index is 0.0279. The molecule has 1 heterocycles. The summed E-state index contributed by atoms with van der Waals surface area (Å²) in [5.41, 5.74) is 2.00. The van der Waals surface area contributed by atoms with Crippen molar-refractivity contribution in [3.8, 4) is 5.75 Å². The quantitative estimate of drug-likeness (QED) is 0.548. The number of anilines is 1. The second-order valence-corrected chi connectivity index (χ2v) is 2.06. The third-order valence-electron chi connectivity index (χ3n) is 1.16. The molecule has 3 N–H and O–H groups in total. The lowest BCUT2D eigenvalue weighted by Gasteiger charge is -2.11. The van der Waals surface area contributed by atoms with Gasteiger partial charge in [0.1, 0.15) is 5.69 Å². The van der Waals surface area contributed by atoms with Gasteiger partial charge in [-0.1, -0.05) is 0 Å². The predicted octanol–water partition coefficient (Wildman–Crippen LogP) is 1.27. The van der Waals surface area contributed by atoms with Gasteiger partial charge in [-0.25, -0.2) is 0 Å². The SMILES string of the molecule is NNc1cnccc1OC(F)(F)F. The van der Waals surface area contributed by atoms with E-state index in [2.05, 4.69) is 9.72 Å². The number of ether oxygens (including phenoxy) is 1. The predicted molar refractivity (Wildman–Crippen MR) is 38.7 cm³/mol. The Labute approximate surface area is 71.5 Å². The third-order valence-corrected chi connectivity index (χ3v) is 1.16. The summed E-state index contributed by atoms with van der Waals surface area (Å²) in [6.07, 6.45) is -2.43. The fraction of sp³-hybridized carbons (Fsp3) is 0.167. The van der Waals surface area contributed by atoms with Gasteiger partial charge in [-0.3, -0.25) is 10.8 Å². The highest BCUT2D eigenvalue weighted by molar-refractivity contribution is 5.53. The summed E-state index contributed by atoms with van der Waals surface area (Å²) in [6, 6.07) is 1.06. The Morgan fingerprint density at radius 3 is 2.69 bits per heavy atom. The minimum atomic E-state index is -4.73. The normalized spacial score (nSPS) is 11.1. The molecule has 0 bridgehead atoms. The van der Waals surface area contributed by atoms with Crippen LogP contribution in [0, 0.1) is 0 Å². The van der Waals surface area contributed by atoms with E-state index in [0.29, 0.717) is 0 Å². The number of hydrogen-bond donors (Lipinski definition) is 2. The number of aromatic nitrogens is 1. The van der Waals surface area contributed by atoms with Crippen LogP contribution in [0.5, 0.6) is 5.75 Å². The van der Waals surface area contributed by atoms with Crippen molar-refractivity contribution in [1.29, 1.82) is 0 Å². The fourth-order valence-corrected chi connectivity index (χ4v) is 0.704. The van der Waals surface area contributed by atoms with Gasteiger partial charge in [0.2, 0.25) is 0 Å². The molecule has 0 spiro atoms. The summed E-state index contributed by atoms with van der Waals surface area (Å²) in [4.78, 5) is 3.56. The second kappa shape index (κ2) is 3.48. The first kappa shape index (κ1) is 9.59. The largest absolute Gasteiger partial charge is 0.573 e. The Morgan fingerprint density at radius 1 is 1.46 bits per heavy atom. The first-order chi connectivity index (χ1) is 6.03. The number of halogens is 3. The van der Waals surface area contributed by atoms with Crippen LogP contribution < -0.4 is 16.0 Å². The van der Waals surface area contributed by atoms with E-state index in [1.165, 1.54) is 6.20 Å². The van der Waals surface area contributed by atoms with Crippen LogP contribution in [0.15, 0.2) is 18.5 Å². The molecule has 1 aromatic heterocycles. The molecule has 0 fully saturated rings. The maximum atomic E-state index is 11.7. The number of pyridine rings is 1. The molecule has 0 atom stereocenters. The molecule has 0 aliphatic rings. The molecule has 0 aliphatic heterocycles. The van der Waals surface area contributed by atoms with Crippen molar-refractivity contribution in [2.24, 2.45) is 5.84 Å². The zero-order valence-corrected chi connectivity index (χ0v) is 6.30. The monoisotopic (exact) mass is 193 g/mol. The molecule has 4 nitrogen and oxygen atoms in total. The molecule has 13 heavy (non-hydrogen) atoms. The third kappa shape index (κ3) is 2.79. The molecule has 0 aromatic carbocycles. The number of nitrogen functional groups attached to an aromatic ring is 1. The highest BCUT2D eigenvalue weighted by Crippen LogP contribution is 2.28. The first-order valence-electron chi connectivity index (χ1n) is 3.19. The zero-order valence-electron chi connectivity index (χ0n) is 6.30. The van der Waals surface area contributed by atoms with Gasteiger partial charge in [0, 0.05) is 12.3 Å². The summed E-state index contributed by atoms with van der Waals surface area (Å²) in [5.74, 6) is 4.52. The van der Waals surface area contributed by atoms with Gasteiger partial charge in [-0.05, 0) is 0 Å². The number of nitrogens with zero attached hydrogens (tertiary/aromatic N) is 1. The van der Waals surface area contributed by atoms with Gasteiger partial charge in [0.25, 0.3) is 0 Å². The average molecular weight is 193 g/mol. The number of nitrogens with one attached hydrogen (secondary N) is 1. The summed E-state index contributed by atoms with van der Waals surface area (Å²) < 4.78 is 38.9. The average Bonchev–Trinajstić information content (AvgIpc) is 2.02. The van der Waals surface area contributed by atoms with Gasteiger partial charge in [-0.2, -0.15) is 0 Å².